The zero-order valence-electron chi connectivity index (χ0n) is 17.3. The SMILES string of the molecule is Cc1cc(C#N)cnc1C(=O)Nc1ccc2[nH]nc(-c3ccc(OC(C)C)nc3)c2c1. The van der Waals surface area contributed by atoms with Gasteiger partial charge in [0, 0.05) is 35.1 Å². The smallest absolute Gasteiger partial charge is 0.274 e. The summed E-state index contributed by atoms with van der Waals surface area (Å²) in [6.07, 6.45) is 3.15. The number of pyridine rings is 2. The minimum Gasteiger partial charge on any atom is -0.475 e. The van der Waals surface area contributed by atoms with Crippen molar-refractivity contribution in [3.63, 3.8) is 0 Å². The molecule has 0 aliphatic heterocycles. The van der Waals surface area contributed by atoms with Crippen LogP contribution < -0.4 is 10.1 Å². The van der Waals surface area contributed by atoms with E-state index >= 15 is 0 Å². The number of ether oxygens (including phenoxy) is 1. The molecule has 2 N–H and O–H groups in total. The predicted octanol–water partition coefficient (Wildman–Crippen LogP) is 4.24. The summed E-state index contributed by atoms with van der Waals surface area (Å²) in [6, 6.07) is 12.9. The Labute approximate surface area is 178 Å². The number of aromatic nitrogens is 4. The standard InChI is InChI=1S/C23H20N6O2/c1-13(2)31-20-7-4-16(12-25-20)22-18-9-17(5-6-19(18)28-29-22)27-23(30)21-14(3)8-15(10-24)11-26-21/h4-9,11-13H,1-3H3,(H,27,30)(H,28,29). The lowest BCUT2D eigenvalue weighted by Crippen LogP contribution is -2.15. The van der Waals surface area contributed by atoms with Crippen LogP contribution in [0, 0.1) is 18.3 Å². The van der Waals surface area contributed by atoms with Gasteiger partial charge in [-0.3, -0.25) is 9.89 Å². The summed E-state index contributed by atoms with van der Waals surface area (Å²) in [5, 5.41) is 20.1. The first-order chi connectivity index (χ1) is 14.9. The van der Waals surface area contributed by atoms with Gasteiger partial charge in [0.05, 0.1) is 17.2 Å². The van der Waals surface area contributed by atoms with Gasteiger partial charge in [-0.25, -0.2) is 9.97 Å². The number of carbonyl (C=O) groups is 1. The number of nitrogens with one attached hydrogen (secondary N) is 2. The van der Waals surface area contributed by atoms with Gasteiger partial charge < -0.3 is 10.1 Å². The van der Waals surface area contributed by atoms with Gasteiger partial charge in [-0.05, 0) is 56.7 Å². The number of rotatable bonds is 5. The Bertz CT molecular complexity index is 1300. The van der Waals surface area contributed by atoms with Gasteiger partial charge in [0.1, 0.15) is 17.5 Å². The highest BCUT2D eigenvalue weighted by molar-refractivity contribution is 6.05. The molecule has 4 aromatic rings. The number of benzene rings is 1. The number of H-pyrrole nitrogens is 1. The van der Waals surface area contributed by atoms with E-state index in [1.807, 2.05) is 38.1 Å². The highest BCUT2D eigenvalue weighted by Crippen LogP contribution is 2.29. The summed E-state index contributed by atoms with van der Waals surface area (Å²) < 4.78 is 5.59. The van der Waals surface area contributed by atoms with Gasteiger partial charge in [-0.1, -0.05) is 0 Å². The average molecular weight is 412 g/mol. The molecule has 0 bridgehead atoms. The molecule has 3 heterocycles. The van der Waals surface area contributed by atoms with Crippen LogP contribution in [0.3, 0.4) is 0 Å². The summed E-state index contributed by atoms with van der Waals surface area (Å²) in [6.45, 7) is 5.64. The largest absolute Gasteiger partial charge is 0.475 e. The van der Waals surface area contributed by atoms with Gasteiger partial charge in [0.25, 0.3) is 5.91 Å². The number of hydrogen-bond acceptors (Lipinski definition) is 6. The van der Waals surface area contributed by atoms with Crippen LogP contribution in [0.15, 0.2) is 48.8 Å². The Kier molecular flexibility index (Phi) is 5.33. The fraction of sp³-hybridized carbons (Fsp3) is 0.174. The summed E-state index contributed by atoms with van der Waals surface area (Å²) >= 11 is 0. The number of carbonyl (C=O) groups excluding carboxylic acids is 1. The fourth-order valence-corrected chi connectivity index (χ4v) is 3.21. The molecule has 0 aliphatic carbocycles. The van der Waals surface area contributed by atoms with Crippen molar-refractivity contribution in [2.75, 3.05) is 5.32 Å². The number of anilines is 1. The lowest BCUT2D eigenvalue weighted by molar-refractivity contribution is 0.102. The minimum absolute atomic E-state index is 0.0463. The fourth-order valence-electron chi connectivity index (χ4n) is 3.21. The average Bonchev–Trinajstić information content (AvgIpc) is 3.17. The maximum absolute atomic E-state index is 12.7. The maximum atomic E-state index is 12.7. The molecule has 8 nitrogen and oxygen atoms in total. The molecule has 1 amide bonds. The number of nitriles is 1. The van der Waals surface area contributed by atoms with Crippen LogP contribution in [0.2, 0.25) is 0 Å². The van der Waals surface area contributed by atoms with E-state index in [2.05, 4.69) is 25.5 Å². The molecule has 0 spiro atoms. The van der Waals surface area contributed by atoms with Crippen LogP contribution in [-0.2, 0) is 0 Å². The zero-order valence-corrected chi connectivity index (χ0v) is 17.3. The summed E-state index contributed by atoms with van der Waals surface area (Å²) in [5.41, 5.74) is 4.32. The molecule has 0 saturated carbocycles. The third kappa shape index (κ3) is 4.21. The molecule has 31 heavy (non-hydrogen) atoms. The molecule has 0 saturated heterocycles. The molecule has 0 fully saturated rings. The van der Waals surface area contributed by atoms with Crippen LogP contribution >= 0.6 is 0 Å². The number of amides is 1. The lowest BCUT2D eigenvalue weighted by Gasteiger charge is -2.09. The van der Waals surface area contributed by atoms with Gasteiger partial charge in [0.15, 0.2) is 0 Å². The second kappa shape index (κ2) is 8.24. The Balaban J connectivity index is 1.61. The number of nitrogens with zero attached hydrogens (tertiary/aromatic N) is 4. The van der Waals surface area contributed by atoms with Crippen molar-refractivity contribution >= 4 is 22.5 Å². The highest BCUT2D eigenvalue weighted by atomic mass is 16.5. The van der Waals surface area contributed by atoms with Gasteiger partial charge >= 0.3 is 0 Å². The van der Waals surface area contributed by atoms with Crippen LogP contribution in [0.1, 0.15) is 35.5 Å². The summed E-state index contributed by atoms with van der Waals surface area (Å²) in [4.78, 5) is 21.1. The Morgan fingerprint density at radius 2 is 2.00 bits per heavy atom. The van der Waals surface area contributed by atoms with Crippen molar-refractivity contribution in [2.45, 2.75) is 26.9 Å². The normalized spacial score (nSPS) is 10.8. The predicted molar refractivity (Wildman–Crippen MR) is 117 cm³/mol. The number of hydrogen-bond donors (Lipinski definition) is 2. The van der Waals surface area contributed by atoms with Crippen molar-refractivity contribution in [1.29, 1.82) is 5.26 Å². The molecule has 0 radical (unpaired) electrons. The van der Waals surface area contributed by atoms with Crippen LogP contribution in [-0.4, -0.2) is 32.2 Å². The molecule has 3 aromatic heterocycles. The Morgan fingerprint density at radius 3 is 2.68 bits per heavy atom. The molecule has 1 aromatic carbocycles. The van der Waals surface area contributed by atoms with E-state index in [4.69, 9.17) is 10.00 Å². The topological polar surface area (TPSA) is 117 Å². The molecular weight excluding hydrogens is 392 g/mol. The van der Waals surface area contributed by atoms with E-state index in [-0.39, 0.29) is 17.7 Å². The first-order valence-electron chi connectivity index (χ1n) is 9.74. The van der Waals surface area contributed by atoms with E-state index in [0.29, 0.717) is 22.7 Å². The first-order valence-corrected chi connectivity index (χ1v) is 9.74. The number of aryl methyl sites for hydroxylation is 1. The van der Waals surface area contributed by atoms with Crippen LogP contribution in [0.4, 0.5) is 5.69 Å². The molecule has 0 unspecified atom stereocenters. The van der Waals surface area contributed by atoms with Crippen molar-refractivity contribution in [2.24, 2.45) is 0 Å². The molecule has 154 valence electrons. The molecule has 0 atom stereocenters. The second-order valence-corrected chi connectivity index (χ2v) is 7.34. The quantitative estimate of drug-likeness (QED) is 0.506. The number of fused-ring (bicyclic) bond motifs is 1. The van der Waals surface area contributed by atoms with Crippen molar-refractivity contribution in [3.8, 4) is 23.2 Å². The highest BCUT2D eigenvalue weighted by Gasteiger charge is 2.14. The molecule has 0 aliphatic rings. The van der Waals surface area contributed by atoms with E-state index in [9.17, 15) is 4.79 Å². The second-order valence-electron chi connectivity index (χ2n) is 7.34. The van der Waals surface area contributed by atoms with Gasteiger partial charge in [-0.2, -0.15) is 10.4 Å². The van der Waals surface area contributed by atoms with Crippen molar-refractivity contribution in [1.82, 2.24) is 20.2 Å². The van der Waals surface area contributed by atoms with E-state index < -0.39 is 0 Å². The zero-order chi connectivity index (χ0) is 22.0. The van der Waals surface area contributed by atoms with E-state index in [1.54, 1.807) is 31.3 Å². The van der Waals surface area contributed by atoms with Crippen molar-refractivity contribution < 1.29 is 9.53 Å². The van der Waals surface area contributed by atoms with Crippen LogP contribution in [0.25, 0.3) is 22.2 Å². The molecular formula is C23H20N6O2. The Morgan fingerprint density at radius 1 is 1.16 bits per heavy atom. The first kappa shape index (κ1) is 20.0. The maximum Gasteiger partial charge on any atom is 0.274 e. The van der Waals surface area contributed by atoms with Crippen LogP contribution in [0.5, 0.6) is 5.88 Å². The van der Waals surface area contributed by atoms with Crippen molar-refractivity contribution in [3.05, 3.63) is 65.6 Å². The minimum atomic E-state index is -0.344. The van der Waals surface area contributed by atoms with Gasteiger partial charge in [-0.15, -0.1) is 0 Å². The lowest BCUT2D eigenvalue weighted by atomic mass is 10.1. The van der Waals surface area contributed by atoms with Gasteiger partial charge in [0.2, 0.25) is 5.88 Å². The summed E-state index contributed by atoms with van der Waals surface area (Å²) in [7, 11) is 0. The summed E-state index contributed by atoms with van der Waals surface area (Å²) in [5.74, 6) is 0.208. The third-order valence-corrected chi connectivity index (χ3v) is 4.61. The monoisotopic (exact) mass is 412 g/mol. The Hall–Kier alpha value is -4.25. The molecule has 4 rings (SSSR count). The number of aromatic amines is 1. The molecule has 8 heteroatoms. The van der Waals surface area contributed by atoms with E-state index in [1.165, 1.54) is 6.20 Å². The van der Waals surface area contributed by atoms with E-state index in [0.717, 1.165) is 22.2 Å². The third-order valence-electron chi connectivity index (χ3n) is 4.61.